The van der Waals surface area contributed by atoms with Crippen LogP contribution in [0.1, 0.15) is 94.7 Å². The molecule has 3 heterocycles. The SMILES string of the molecule is CCC[C@@H]1C[C@H](N(Cc2cc(C(F)(F)F)cc(C(F)(F)F)c2)c2ncc(-c3cn[nH]c3)cn2)C[C@H](CC)N1C(=O)C1CCC(CC(=O)O)CC1. The summed E-state index contributed by atoms with van der Waals surface area (Å²) in [5.41, 5.74) is -1.66. The molecular weight excluding hydrogens is 666 g/mol. The van der Waals surface area contributed by atoms with Crippen LogP contribution >= 0.6 is 0 Å². The molecule has 2 aromatic heterocycles. The third kappa shape index (κ3) is 8.76. The summed E-state index contributed by atoms with van der Waals surface area (Å²) in [5, 5.41) is 15.8. The van der Waals surface area contributed by atoms with E-state index >= 15 is 0 Å². The van der Waals surface area contributed by atoms with Crippen molar-refractivity contribution in [3.8, 4) is 11.1 Å². The molecule has 2 aliphatic rings. The van der Waals surface area contributed by atoms with E-state index in [0.717, 1.165) is 18.6 Å². The summed E-state index contributed by atoms with van der Waals surface area (Å²) >= 11 is 0. The van der Waals surface area contributed by atoms with Crippen LogP contribution < -0.4 is 4.90 Å². The Morgan fingerprint density at radius 1 is 0.900 bits per heavy atom. The number of piperidine rings is 1. The average molecular weight is 709 g/mol. The molecule has 272 valence electrons. The summed E-state index contributed by atoms with van der Waals surface area (Å²) in [7, 11) is 0. The van der Waals surface area contributed by atoms with Gasteiger partial charge in [-0.3, -0.25) is 14.7 Å². The highest BCUT2D eigenvalue weighted by Gasteiger charge is 2.43. The number of aromatic nitrogens is 4. The number of carboxylic acids is 1. The fourth-order valence-electron chi connectivity index (χ4n) is 7.59. The van der Waals surface area contributed by atoms with Gasteiger partial charge in [-0.25, -0.2) is 9.97 Å². The van der Waals surface area contributed by atoms with E-state index in [1.807, 2.05) is 18.7 Å². The number of aromatic amines is 1. The number of hydrogen-bond acceptors (Lipinski definition) is 6. The van der Waals surface area contributed by atoms with Gasteiger partial charge in [-0.05, 0) is 81.0 Å². The first kappa shape index (κ1) is 37.1. The van der Waals surface area contributed by atoms with Crippen molar-refractivity contribution in [3.05, 3.63) is 59.7 Å². The number of carbonyl (C=O) groups is 2. The van der Waals surface area contributed by atoms with Crippen molar-refractivity contribution in [3.63, 3.8) is 0 Å². The molecule has 15 heteroatoms. The van der Waals surface area contributed by atoms with E-state index in [9.17, 15) is 41.0 Å². The third-order valence-corrected chi connectivity index (χ3v) is 10.0. The fraction of sp³-hybridized carbons (Fsp3) is 0.571. The molecule has 1 saturated carbocycles. The number of carbonyl (C=O) groups excluding carboxylic acids is 1. The first-order valence-electron chi connectivity index (χ1n) is 17.1. The number of rotatable bonds is 11. The van der Waals surface area contributed by atoms with E-state index in [-0.39, 0.29) is 60.4 Å². The number of aliphatic carboxylic acids is 1. The summed E-state index contributed by atoms with van der Waals surface area (Å²) in [6.07, 6.45) is 1.72. The fourth-order valence-corrected chi connectivity index (χ4v) is 7.59. The maximum absolute atomic E-state index is 14.1. The molecule has 1 amide bonds. The van der Waals surface area contributed by atoms with E-state index in [2.05, 4.69) is 20.2 Å². The summed E-state index contributed by atoms with van der Waals surface area (Å²) < 4.78 is 83.0. The molecule has 0 radical (unpaired) electrons. The van der Waals surface area contributed by atoms with Gasteiger partial charge in [0.2, 0.25) is 11.9 Å². The van der Waals surface area contributed by atoms with Crippen molar-refractivity contribution >= 4 is 17.8 Å². The molecule has 0 bridgehead atoms. The van der Waals surface area contributed by atoms with Gasteiger partial charge in [-0.15, -0.1) is 0 Å². The van der Waals surface area contributed by atoms with E-state index in [1.54, 1.807) is 17.3 Å². The third-order valence-electron chi connectivity index (χ3n) is 10.0. The van der Waals surface area contributed by atoms with Gasteiger partial charge in [0.15, 0.2) is 0 Å². The molecule has 3 aromatic rings. The molecule has 9 nitrogen and oxygen atoms in total. The normalized spacial score (nSPS) is 23.1. The minimum Gasteiger partial charge on any atom is -0.481 e. The molecular formula is C35H42F6N6O3. The van der Waals surface area contributed by atoms with Crippen LogP contribution in [-0.2, 0) is 28.5 Å². The summed E-state index contributed by atoms with van der Waals surface area (Å²) in [4.78, 5) is 38.1. The first-order valence-corrected chi connectivity index (χ1v) is 17.1. The molecule has 1 aliphatic heterocycles. The van der Waals surface area contributed by atoms with Crippen LogP contribution in [0.5, 0.6) is 0 Å². The van der Waals surface area contributed by atoms with Crippen molar-refractivity contribution in [2.75, 3.05) is 4.90 Å². The van der Waals surface area contributed by atoms with E-state index < -0.39 is 35.5 Å². The molecule has 0 unspecified atom stereocenters. The Morgan fingerprint density at radius 2 is 1.52 bits per heavy atom. The second kappa shape index (κ2) is 15.4. The largest absolute Gasteiger partial charge is 0.481 e. The number of anilines is 1. The zero-order valence-corrected chi connectivity index (χ0v) is 28.0. The smallest absolute Gasteiger partial charge is 0.416 e. The lowest BCUT2D eigenvalue weighted by Crippen LogP contribution is -2.58. The second-order valence-corrected chi connectivity index (χ2v) is 13.5. The van der Waals surface area contributed by atoms with Gasteiger partial charge in [0.05, 0.1) is 17.3 Å². The number of carboxylic acid groups (broad SMARTS) is 1. The lowest BCUT2D eigenvalue weighted by Gasteiger charge is -2.49. The summed E-state index contributed by atoms with van der Waals surface area (Å²) in [6.45, 7) is 3.64. The quantitative estimate of drug-likeness (QED) is 0.193. The topological polar surface area (TPSA) is 115 Å². The Morgan fingerprint density at radius 3 is 2.04 bits per heavy atom. The number of halogens is 6. The Hall–Kier alpha value is -4.17. The second-order valence-electron chi connectivity index (χ2n) is 13.5. The predicted octanol–water partition coefficient (Wildman–Crippen LogP) is 8.13. The summed E-state index contributed by atoms with van der Waals surface area (Å²) in [5.74, 6) is -0.860. The molecule has 1 aromatic carbocycles. The Labute approximate surface area is 286 Å². The summed E-state index contributed by atoms with van der Waals surface area (Å²) in [6, 6.07) is 0.718. The average Bonchev–Trinajstić information content (AvgIpc) is 3.61. The van der Waals surface area contributed by atoms with Crippen molar-refractivity contribution in [2.24, 2.45) is 11.8 Å². The molecule has 2 N–H and O–H groups in total. The van der Waals surface area contributed by atoms with Gasteiger partial charge in [0.1, 0.15) is 0 Å². The van der Waals surface area contributed by atoms with Crippen molar-refractivity contribution in [1.82, 2.24) is 25.1 Å². The van der Waals surface area contributed by atoms with Crippen molar-refractivity contribution in [1.29, 1.82) is 0 Å². The van der Waals surface area contributed by atoms with E-state index in [0.29, 0.717) is 62.5 Å². The Bertz CT molecular complexity index is 1560. The van der Waals surface area contributed by atoms with Crippen LogP contribution in [-0.4, -0.2) is 60.2 Å². The number of H-pyrrole nitrogens is 1. The molecule has 50 heavy (non-hydrogen) atoms. The number of nitrogens with one attached hydrogen (secondary N) is 1. The van der Waals surface area contributed by atoms with Gasteiger partial charge in [-0.2, -0.15) is 31.4 Å². The van der Waals surface area contributed by atoms with Crippen molar-refractivity contribution in [2.45, 2.75) is 115 Å². The van der Waals surface area contributed by atoms with Gasteiger partial charge in [-0.1, -0.05) is 20.3 Å². The number of hydrogen-bond donors (Lipinski definition) is 2. The van der Waals surface area contributed by atoms with E-state index in [1.165, 1.54) is 12.4 Å². The van der Waals surface area contributed by atoms with Gasteiger partial charge in [0, 0.05) is 66.7 Å². The maximum atomic E-state index is 14.1. The highest BCUT2D eigenvalue weighted by atomic mass is 19.4. The minimum absolute atomic E-state index is 0.0301. The van der Waals surface area contributed by atoms with Gasteiger partial charge in [0.25, 0.3) is 0 Å². The predicted molar refractivity (Wildman–Crippen MR) is 173 cm³/mol. The number of benzene rings is 1. The van der Waals surface area contributed by atoms with Crippen LogP contribution in [0.25, 0.3) is 11.1 Å². The lowest BCUT2D eigenvalue weighted by molar-refractivity contribution is -0.145. The molecule has 1 saturated heterocycles. The Balaban J connectivity index is 1.48. The molecule has 1 aliphatic carbocycles. The monoisotopic (exact) mass is 708 g/mol. The number of nitrogens with zero attached hydrogens (tertiary/aromatic N) is 5. The lowest BCUT2D eigenvalue weighted by atomic mass is 9.78. The highest BCUT2D eigenvalue weighted by molar-refractivity contribution is 5.80. The maximum Gasteiger partial charge on any atom is 0.416 e. The zero-order valence-electron chi connectivity index (χ0n) is 28.0. The minimum atomic E-state index is -5.00. The molecule has 2 fully saturated rings. The number of likely N-dealkylation sites (tertiary alicyclic amines) is 1. The number of alkyl halides is 6. The molecule has 3 atom stereocenters. The Kier molecular flexibility index (Phi) is 11.4. The zero-order chi connectivity index (χ0) is 36.2. The van der Waals surface area contributed by atoms with Crippen LogP contribution in [0.3, 0.4) is 0 Å². The van der Waals surface area contributed by atoms with E-state index in [4.69, 9.17) is 0 Å². The highest BCUT2D eigenvalue weighted by Crippen LogP contribution is 2.40. The van der Waals surface area contributed by atoms with Crippen LogP contribution in [0.15, 0.2) is 43.0 Å². The standard InChI is InChI=1S/C35H42F6N6O3/c1-3-5-29-15-30(14-28(4-2)47(29)32(50)23-8-6-21(7-9-23)12-31(48)49)46(33-42-16-24(17-43-33)25-18-44-45-19-25)20-22-10-26(34(36,37)38)13-27(11-22)35(39,40)41/h10-11,13,16-19,21,23,28-30H,3-9,12,14-15,20H2,1-2H3,(H,44,45)(H,48,49)/t21?,23?,28-,29+,30+/m0/s1. The first-order chi connectivity index (χ1) is 23.7. The van der Waals surface area contributed by atoms with Crippen LogP contribution in [0.2, 0.25) is 0 Å². The molecule has 0 spiro atoms. The van der Waals surface area contributed by atoms with Gasteiger partial charge < -0.3 is 14.9 Å². The van der Waals surface area contributed by atoms with Crippen LogP contribution in [0.4, 0.5) is 32.3 Å². The number of amides is 1. The van der Waals surface area contributed by atoms with Gasteiger partial charge >= 0.3 is 18.3 Å². The van der Waals surface area contributed by atoms with Crippen LogP contribution in [0, 0.1) is 11.8 Å². The van der Waals surface area contributed by atoms with Crippen molar-refractivity contribution < 1.29 is 41.0 Å². The molecule has 5 rings (SSSR count).